The Kier molecular flexibility index (Phi) is 16.1. The summed E-state index contributed by atoms with van der Waals surface area (Å²) in [6, 6.07) is 132. The molecule has 0 saturated carbocycles. The van der Waals surface area contributed by atoms with Gasteiger partial charge >= 0.3 is 0 Å². The van der Waals surface area contributed by atoms with Crippen LogP contribution in [0.25, 0.3) is 243 Å². The Bertz CT molecular complexity index is 9360. The van der Waals surface area contributed by atoms with Crippen molar-refractivity contribution in [3.63, 3.8) is 0 Å². The van der Waals surface area contributed by atoms with Crippen molar-refractivity contribution in [3.05, 3.63) is 406 Å². The monoisotopic (exact) mass is 1640 g/mol. The zero-order valence-corrected chi connectivity index (χ0v) is 69.2. The van der Waals surface area contributed by atoms with Gasteiger partial charge in [0.05, 0.1) is 66.2 Å². The van der Waals surface area contributed by atoms with Crippen molar-refractivity contribution in [2.75, 3.05) is 0 Å². The highest BCUT2D eigenvalue weighted by molar-refractivity contribution is 6.19. The molecule has 0 saturated heterocycles. The minimum Gasteiger partial charge on any atom is -0.455 e. The van der Waals surface area contributed by atoms with E-state index in [1.165, 1.54) is 97.8 Å². The van der Waals surface area contributed by atoms with Crippen LogP contribution >= 0.6 is 0 Å². The number of rotatable bonds is 7. The zero-order chi connectivity index (χ0) is 84.4. The van der Waals surface area contributed by atoms with E-state index in [4.69, 9.17) is 49.3 Å². The van der Waals surface area contributed by atoms with Gasteiger partial charge in [-0.25, -0.2) is 29.9 Å². The third kappa shape index (κ3) is 11.2. The minimum atomic E-state index is -0.179. The van der Waals surface area contributed by atoms with E-state index < -0.39 is 0 Å². The first kappa shape index (κ1) is 72.4. The van der Waals surface area contributed by atoms with E-state index in [0.717, 1.165) is 145 Å². The number of hydrogen-bond acceptors (Lipinski definition) is 10. The highest BCUT2D eigenvalue weighted by Crippen LogP contribution is 2.53. The molecule has 0 bridgehead atoms. The van der Waals surface area contributed by atoms with Crippen molar-refractivity contribution >= 4 is 175 Å². The first-order valence-electron chi connectivity index (χ1n) is 43.1. The number of pyridine rings is 3. The lowest BCUT2D eigenvalue weighted by atomic mass is 9.80. The molecule has 28 rings (SSSR count). The van der Waals surface area contributed by atoms with Gasteiger partial charge in [0.15, 0.2) is 34.9 Å². The second-order valence-electron chi connectivity index (χ2n) is 33.5. The third-order valence-electron chi connectivity index (χ3n) is 26.0. The van der Waals surface area contributed by atoms with Gasteiger partial charge in [-0.05, 0) is 194 Å². The molecule has 14 heteroatoms. The lowest BCUT2D eigenvalue weighted by molar-refractivity contribution is 0.661. The molecule has 27 aromatic rings. The van der Waals surface area contributed by atoms with Gasteiger partial charge in [0.1, 0.15) is 27.7 Å². The SMILES string of the molecule is CC1(C)c2ccccc2-c2cccc(-c3nc(-n4c5ccccc5c5cc6ccccc6cc54)c4ncccc4n3)c21.c1ccc(-n2c3ccccc3c3cc(-c4nc(-n5c6ccccc6c6cc7ccccc7cc65)c5ncccc5n4)ccc32)cc1.c1ccc2cc3c(cc2c1)c1ccccc1n3-c1nc(-c2cccc3c2oc2ccccc23)nc2cccnc12. The van der Waals surface area contributed by atoms with Gasteiger partial charge in [0.2, 0.25) is 0 Å². The normalized spacial score (nSPS) is 12.5. The van der Waals surface area contributed by atoms with Gasteiger partial charge in [-0.3, -0.25) is 28.7 Å². The van der Waals surface area contributed by atoms with E-state index in [1.54, 1.807) is 6.20 Å². The molecule has 11 heterocycles. The Morgan fingerprint density at radius 1 is 0.242 bits per heavy atom. The molecule has 0 unspecified atom stereocenters. The second kappa shape index (κ2) is 28.4. The van der Waals surface area contributed by atoms with Crippen molar-refractivity contribution < 1.29 is 4.42 Å². The highest BCUT2D eigenvalue weighted by Gasteiger charge is 2.38. The maximum atomic E-state index is 6.37. The van der Waals surface area contributed by atoms with Crippen LogP contribution in [0.2, 0.25) is 0 Å². The van der Waals surface area contributed by atoms with Crippen LogP contribution < -0.4 is 0 Å². The van der Waals surface area contributed by atoms with Crippen LogP contribution in [-0.2, 0) is 5.41 Å². The first-order chi connectivity index (χ1) is 63.2. The fraction of sp³-hybridized carbons (Fsp3) is 0.0263. The molecule has 0 radical (unpaired) electrons. The van der Waals surface area contributed by atoms with E-state index in [2.05, 4.69) is 342 Å². The van der Waals surface area contributed by atoms with Crippen molar-refractivity contribution in [2.45, 2.75) is 19.3 Å². The number of fused-ring (bicyclic) bond motifs is 24. The number of aromatic nitrogens is 13. The van der Waals surface area contributed by atoms with E-state index >= 15 is 0 Å². The summed E-state index contributed by atoms with van der Waals surface area (Å²) in [7, 11) is 0. The van der Waals surface area contributed by atoms with Crippen LogP contribution in [0.4, 0.5) is 0 Å². The Balaban J connectivity index is 0.000000102. The van der Waals surface area contributed by atoms with Gasteiger partial charge in [0.25, 0.3) is 0 Å². The number of nitrogens with zero attached hydrogens (tertiary/aromatic N) is 13. The molecule has 16 aromatic carbocycles. The van der Waals surface area contributed by atoms with E-state index in [-0.39, 0.29) is 5.41 Å². The average Bonchev–Trinajstić information content (AvgIpc) is 1.64. The van der Waals surface area contributed by atoms with E-state index in [1.807, 2.05) is 79.1 Å². The molecule has 128 heavy (non-hydrogen) atoms. The maximum Gasteiger partial charge on any atom is 0.168 e. The second-order valence-corrected chi connectivity index (χ2v) is 33.5. The number of hydrogen-bond donors (Lipinski definition) is 0. The molecule has 0 N–H and O–H groups in total. The van der Waals surface area contributed by atoms with Gasteiger partial charge < -0.3 is 8.98 Å². The Morgan fingerprint density at radius 2 is 0.609 bits per heavy atom. The molecular weight excluding hydrogens is 1570 g/mol. The average molecular weight is 1640 g/mol. The van der Waals surface area contributed by atoms with Crippen molar-refractivity contribution in [2.24, 2.45) is 0 Å². The Labute approximate surface area is 730 Å². The molecule has 0 fully saturated rings. The van der Waals surface area contributed by atoms with Gasteiger partial charge in [-0.1, -0.05) is 250 Å². The Hall–Kier alpha value is -17.2. The van der Waals surface area contributed by atoms with Crippen LogP contribution in [0.5, 0.6) is 0 Å². The van der Waals surface area contributed by atoms with E-state index in [0.29, 0.717) is 11.6 Å². The fourth-order valence-corrected chi connectivity index (χ4v) is 20.3. The van der Waals surface area contributed by atoms with Crippen LogP contribution in [0, 0.1) is 0 Å². The van der Waals surface area contributed by atoms with Crippen LogP contribution in [0.1, 0.15) is 25.0 Å². The summed E-state index contributed by atoms with van der Waals surface area (Å²) in [5.41, 5.74) is 24.2. The van der Waals surface area contributed by atoms with Crippen molar-refractivity contribution in [3.8, 4) is 68.4 Å². The lowest BCUT2D eigenvalue weighted by Crippen LogP contribution is -2.17. The standard InChI is InChI=1S/C41H25N5.C38H26N4.C35H20N4O/c1-2-13-29(14-3-1)45-35-18-8-6-15-30(35)32-24-28(20-21-37(32)45)40-43-34-17-10-22-42-39(34)41(44-40)46-36-19-9-7-16-31(36)33-23-26-11-4-5-12-27(26)25-38(33)46;1-38(2)30-17-7-5-13-25(30)27-15-9-16-28(34(27)38)36-40-31-18-10-20-39-35(31)37(41-36)42-32-19-8-6-14-26(32)29-21-23-11-3-4-12-24(23)22-33(29)42;1-2-10-22-20-30-27(19-21(22)9-1)23-11-3-5-16-29(23)39(30)35-32-28(15-8-18-36-32)37-34(38-35)26-14-7-13-25-24-12-4-6-17-31(24)40-33(25)26/h1-25H;3-22H,1-2H3;1-20H. The summed E-state index contributed by atoms with van der Waals surface area (Å²) in [4.78, 5) is 45.6. The van der Waals surface area contributed by atoms with Crippen LogP contribution in [0.3, 0.4) is 0 Å². The van der Waals surface area contributed by atoms with Gasteiger partial charge in [0, 0.05) is 94.7 Å². The van der Waals surface area contributed by atoms with Gasteiger partial charge in [-0.15, -0.1) is 0 Å². The summed E-state index contributed by atoms with van der Waals surface area (Å²) in [5.74, 6) is 4.30. The molecule has 0 atom stereocenters. The summed E-state index contributed by atoms with van der Waals surface area (Å²) in [6.45, 7) is 4.62. The largest absolute Gasteiger partial charge is 0.455 e. The summed E-state index contributed by atoms with van der Waals surface area (Å²) >= 11 is 0. The van der Waals surface area contributed by atoms with Crippen LogP contribution in [-0.4, -0.2) is 63.1 Å². The summed E-state index contributed by atoms with van der Waals surface area (Å²) in [6.07, 6.45) is 5.46. The molecule has 14 nitrogen and oxygen atoms in total. The van der Waals surface area contributed by atoms with Gasteiger partial charge in [-0.2, -0.15) is 0 Å². The number of para-hydroxylation sites is 7. The van der Waals surface area contributed by atoms with Crippen LogP contribution in [0.15, 0.2) is 399 Å². The van der Waals surface area contributed by atoms with E-state index in [9.17, 15) is 0 Å². The molecule has 0 spiro atoms. The lowest BCUT2D eigenvalue weighted by Gasteiger charge is -2.24. The molecule has 0 amide bonds. The fourth-order valence-electron chi connectivity index (χ4n) is 20.3. The molecule has 11 aromatic heterocycles. The minimum absolute atomic E-state index is 0.179. The number of furan rings is 1. The highest BCUT2D eigenvalue weighted by atomic mass is 16.3. The predicted octanol–water partition coefficient (Wildman–Crippen LogP) is 28.1. The quantitative estimate of drug-likeness (QED) is 0.151. The maximum absolute atomic E-state index is 6.37. The van der Waals surface area contributed by atoms with Crippen molar-refractivity contribution in [1.29, 1.82) is 0 Å². The smallest absolute Gasteiger partial charge is 0.168 e. The third-order valence-corrected chi connectivity index (χ3v) is 26.0. The zero-order valence-electron chi connectivity index (χ0n) is 69.2. The predicted molar refractivity (Wildman–Crippen MR) is 523 cm³/mol. The molecule has 1 aliphatic carbocycles. The summed E-state index contributed by atoms with van der Waals surface area (Å²) in [5, 5.41) is 18.8. The molecule has 0 aliphatic heterocycles. The summed E-state index contributed by atoms with van der Waals surface area (Å²) < 4.78 is 15.5. The first-order valence-corrected chi connectivity index (χ1v) is 43.1. The molecule has 1 aliphatic rings. The molecular formula is C114H71N13O. The molecule has 598 valence electrons. The van der Waals surface area contributed by atoms with Crippen molar-refractivity contribution in [1.82, 2.24) is 63.1 Å². The topological polar surface area (TPSA) is 149 Å². The number of benzene rings is 16. The Morgan fingerprint density at radius 3 is 1.12 bits per heavy atom.